The average molecular weight is 436 g/mol. The van der Waals surface area contributed by atoms with Crippen molar-refractivity contribution in [3.8, 4) is 11.1 Å². The molecule has 0 fully saturated rings. The quantitative estimate of drug-likeness (QED) is 0.475. The molecule has 3 aromatic rings. The van der Waals surface area contributed by atoms with Crippen LogP contribution in [0.2, 0.25) is 5.02 Å². The second-order valence-corrected chi connectivity index (χ2v) is 8.92. The maximum Gasteiger partial charge on any atom is 0.148 e. The Kier molecular flexibility index (Phi) is 6.69. The van der Waals surface area contributed by atoms with Crippen LogP contribution in [0.25, 0.3) is 22.0 Å². The van der Waals surface area contributed by atoms with Gasteiger partial charge in [0.2, 0.25) is 0 Å². The molecule has 3 rings (SSSR count). The molecule has 2 aromatic carbocycles. The number of hydrogen-bond acceptors (Lipinski definition) is 3. The molecule has 0 aliphatic rings. The predicted octanol–water partition coefficient (Wildman–Crippen LogP) is 6.10. The summed E-state index contributed by atoms with van der Waals surface area (Å²) >= 11 is 7.78. The smallest absolute Gasteiger partial charge is 0.148 e. The molecule has 1 aromatic heterocycles. The Labute approximate surface area is 179 Å². The zero-order chi connectivity index (χ0) is 21.3. The summed E-state index contributed by atoms with van der Waals surface area (Å²) in [6.07, 6.45) is 1.30. The van der Waals surface area contributed by atoms with E-state index in [-0.39, 0.29) is 13.1 Å². The first-order valence-corrected chi connectivity index (χ1v) is 10.4. The fourth-order valence-corrected chi connectivity index (χ4v) is 4.47. The number of allylic oxidation sites excluding steroid dienone is 1. The maximum absolute atomic E-state index is 14.9. The van der Waals surface area contributed by atoms with Crippen LogP contribution in [-0.2, 0) is 6.54 Å². The number of aromatic nitrogens is 1. The topological polar surface area (TPSA) is 34.2 Å². The van der Waals surface area contributed by atoms with Crippen LogP contribution in [0.1, 0.15) is 11.3 Å². The molecular formula is C22H24ClF2N3S. The standard InChI is InChI=1S/C22H24ClF2N3S/c1-13-5-6-17(29-27(3)4)11-18(13)21-14(2)28(12-16(24)7-8-26)22-19(21)9-15(23)10-20(22)25/h5-7,9-11H,8,12,26H2,1-4H3/b16-7-. The van der Waals surface area contributed by atoms with E-state index in [0.29, 0.717) is 15.9 Å². The van der Waals surface area contributed by atoms with Gasteiger partial charge in [0.25, 0.3) is 0 Å². The molecule has 1 heterocycles. The van der Waals surface area contributed by atoms with Crippen molar-refractivity contribution < 1.29 is 8.78 Å². The number of halogens is 3. The largest absolute Gasteiger partial charge is 0.335 e. The Morgan fingerprint density at radius 3 is 2.62 bits per heavy atom. The highest BCUT2D eigenvalue weighted by atomic mass is 35.5. The molecule has 0 spiro atoms. The minimum atomic E-state index is -0.473. The third-order valence-corrected chi connectivity index (χ3v) is 5.80. The van der Waals surface area contributed by atoms with Gasteiger partial charge < -0.3 is 10.3 Å². The van der Waals surface area contributed by atoms with Crippen molar-refractivity contribution in [3.05, 3.63) is 64.3 Å². The van der Waals surface area contributed by atoms with E-state index in [2.05, 4.69) is 12.1 Å². The van der Waals surface area contributed by atoms with Gasteiger partial charge in [-0.25, -0.2) is 8.78 Å². The summed E-state index contributed by atoms with van der Waals surface area (Å²) in [4.78, 5) is 1.06. The van der Waals surface area contributed by atoms with Gasteiger partial charge in [0, 0.05) is 33.1 Å². The Hall–Kier alpha value is -1.86. The second-order valence-electron chi connectivity index (χ2n) is 7.10. The van der Waals surface area contributed by atoms with Gasteiger partial charge in [-0.2, -0.15) is 0 Å². The maximum atomic E-state index is 14.9. The van der Waals surface area contributed by atoms with Crippen molar-refractivity contribution in [2.24, 2.45) is 5.73 Å². The molecule has 0 atom stereocenters. The number of nitrogens with two attached hydrogens (primary N) is 1. The number of rotatable bonds is 6. The van der Waals surface area contributed by atoms with E-state index in [1.807, 2.05) is 38.3 Å². The predicted molar refractivity (Wildman–Crippen MR) is 120 cm³/mol. The lowest BCUT2D eigenvalue weighted by molar-refractivity contribution is 0.549. The van der Waals surface area contributed by atoms with Gasteiger partial charge in [0.1, 0.15) is 11.6 Å². The van der Waals surface area contributed by atoms with E-state index < -0.39 is 11.6 Å². The highest BCUT2D eigenvalue weighted by Crippen LogP contribution is 2.40. The van der Waals surface area contributed by atoms with Crippen LogP contribution in [0, 0.1) is 19.7 Å². The minimum absolute atomic E-state index is 0.0801. The highest BCUT2D eigenvalue weighted by Gasteiger charge is 2.21. The fourth-order valence-electron chi connectivity index (χ4n) is 3.55. The molecule has 154 valence electrons. The Balaban J connectivity index is 2.31. The van der Waals surface area contributed by atoms with Crippen molar-refractivity contribution in [2.45, 2.75) is 25.3 Å². The second kappa shape index (κ2) is 8.88. The Bertz CT molecular complexity index is 1090. The van der Waals surface area contributed by atoms with Crippen LogP contribution in [0.3, 0.4) is 0 Å². The van der Waals surface area contributed by atoms with Gasteiger partial charge >= 0.3 is 0 Å². The van der Waals surface area contributed by atoms with Crippen molar-refractivity contribution in [2.75, 3.05) is 20.6 Å². The van der Waals surface area contributed by atoms with Crippen LogP contribution >= 0.6 is 23.5 Å². The summed E-state index contributed by atoms with van der Waals surface area (Å²) in [7, 11) is 3.95. The lowest BCUT2D eigenvalue weighted by atomic mass is 9.98. The third kappa shape index (κ3) is 4.51. The van der Waals surface area contributed by atoms with Crippen molar-refractivity contribution in [3.63, 3.8) is 0 Å². The molecule has 0 aliphatic heterocycles. The molecule has 3 nitrogen and oxygen atoms in total. The van der Waals surface area contributed by atoms with Crippen LogP contribution in [0.5, 0.6) is 0 Å². The number of aryl methyl sites for hydroxylation is 1. The first kappa shape index (κ1) is 21.8. The number of benzene rings is 2. The van der Waals surface area contributed by atoms with E-state index in [4.69, 9.17) is 17.3 Å². The van der Waals surface area contributed by atoms with Crippen molar-refractivity contribution >= 4 is 34.5 Å². The molecule has 0 saturated heterocycles. The zero-order valence-corrected chi connectivity index (χ0v) is 18.5. The Morgan fingerprint density at radius 1 is 1.24 bits per heavy atom. The molecule has 29 heavy (non-hydrogen) atoms. The summed E-state index contributed by atoms with van der Waals surface area (Å²) in [5, 5.41) is 0.978. The molecule has 0 radical (unpaired) electrons. The lowest BCUT2D eigenvalue weighted by Crippen LogP contribution is -2.04. The molecule has 0 unspecified atom stereocenters. The molecular weight excluding hydrogens is 412 g/mol. The Morgan fingerprint density at radius 2 is 1.97 bits per heavy atom. The van der Waals surface area contributed by atoms with Gasteiger partial charge in [0.15, 0.2) is 0 Å². The van der Waals surface area contributed by atoms with Gasteiger partial charge in [0.05, 0.1) is 12.1 Å². The van der Waals surface area contributed by atoms with Gasteiger partial charge in [-0.05, 0) is 81.4 Å². The van der Waals surface area contributed by atoms with E-state index in [1.54, 1.807) is 22.6 Å². The summed E-state index contributed by atoms with van der Waals surface area (Å²) in [5.74, 6) is -0.874. The van der Waals surface area contributed by atoms with E-state index in [9.17, 15) is 8.78 Å². The molecule has 2 N–H and O–H groups in total. The molecule has 0 saturated carbocycles. The van der Waals surface area contributed by atoms with Gasteiger partial charge in [-0.3, -0.25) is 4.31 Å². The third-order valence-electron chi connectivity index (χ3n) is 4.75. The van der Waals surface area contributed by atoms with Crippen LogP contribution < -0.4 is 5.73 Å². The van der Waals surface area contributed by atoms with Crippen LogP contribution in [-0.4, -0.2) is 29.5 Å². The highest BCUT2D eigenvalue weighted by molar-refractivity contribution is 7.97. The van der Waals surface area contributed by atoms with Crippen molar-refractivity contribution in [1.29, 1.82) is 0 Å². The normalized spacial score (nSPS) is 12.4. The number of hydrogen-bond donors (Lipinski definition) is 1. The van der Waals surface area contributed by atoms with Gasteiger partial charge in [-0.1, -0.05) is 17.7 Å². The molecule has 0 aliphatic carbocycles. The van der Waals surface area contributed by atoms with E-state index in [0.717, 1.165) is 27.3 Å². The van der Waals surface area contributed by atoms with Crippen LogP contribution in [0.15, 0.2) is 47.1 Å². The molecule has 7 heteroatoms. The van der Waals surface area contributed by atoms with Crippen molar-refractivity contribution in [1.82, 2.24) is 8.87 Å². The fraction of sp³-hybridized carbons (Fsp3) is 0.273. The summed E-state index contributed by atoms with van der Waals surface area (Å²) < 4.78 is 32.9. The van der Waals surface area contributed by atoms with E-state index >= 15 is 0 Å². The first-order valence-electron chi connectivity index (χ1n) is 9.21. The summed E-state index contributed by atoms with van der Waals surface area (Å²) in [6, 6.07) is 9.18. The minimum Gasteiger partial charge on any atom is -0.335 e. The van der Waals surface area contributed by atoms with Crippen LogP contribution in [0.4, 0.5) is 8.78 Å². The van der Waals surface area contributed by atoms with E-state index in [1.165, 1.54) is 12.1 Å². The summed E-state index contributed by atoms with van der Waals surface area (Å²) in [6.45, 7) is 3.90. The lowest BCUT2D eigenvalue weighted by Gasteiger charge is -2.13. The number of fused-ring (bicyclic) bond motifs is 1. The first-order chi connectivity index (χ1) is 13.7. The van der Waals surface area contributed by atoms with Gasteiger partial charge in [-0.15, -0.1) is 0 Å². The SMILES string of the molecule is Cc1ccc(SN(C)C)cc1-c1c(C)n(C/C(F)=C/CN)c2c(F)cc(Cl)cc12. The molecule has 0 amide bonds. The molecule has 0 bridgehead atoms. The summed E-state index contributed by atoms with van der Waals surface area (Å²) in [5.41, 5.74) is 9.43. The zero-order valence-electron chi connectivity index (χ0n) is 16.9. The number of nitrogens with zero attached hydrogens (tertiary/aromatic N) is 2. The monoisotopic (exact) mass is 435 g/mol. The average Bonchev–Trinajstić information content (AvgIpc) is 2.88.